The first-order chi connectivity index (χ1) is 9.48. The highest BCUT2D eigenvalue weighted by Crippen LogP contribution is 2.32. The Kier molecular flexibility index (Phi) is 4.09. The molecule has 0 aromatic heterocycles. The number of aryl methyl sites for hydroxylation is 1. The Labute approximate surface area is 118 Å². The van der Waals surface area contributed by atoms with E-state index in [0.717, 1.165) is 6.42 Å². The lowest BCUT2D eigenvalue weighted by molar-refractivity contribution is 0.0978. The SMILES string of the molecule is CCc1ccc(C(C)(O)c2ccc(OC)cc2F)cc1. The van der Waals surface area contributed by atoms with Crippen LogP contribution in [0.4, 0.5) is 4.39 Å². The van der Waals surface area contributed by atoms with Gasteiger partial charge in [-0.3, -0.25) is 0 Å². The standard InChI is InChI=1S/C17H19FO2/c1-4-12-5-7-13(8-6-12)17(2,19)15-10-9-14(20-3)11-16(15)18/h5-11,19H,4H2,1-3H3. The molecule has 0 radical (unpaired) electrons. The third-order valence-corrected chi connectivity index (χ3v) is 3.63. The van der Waals surface area contributed by atoms with E-state index in [9.17, 15) is 9.50 Å². The van der Waals surface area contributed by atoms with E-state index in [1.54, 1.807) is 19.1 Å². The first-order valence-electron chi connectivity index (χ1n) is 6.65. The van der Waals surface area contributed by atoms with E-state index >= 15 is 0 Å². The normalized spacial score (nSPS) is 13.8. The maximum Gasteiger partial charge on any atom is 0.133 e. The van der Waals surface area contributed by atoms with Crippen LogP contribution in [-0.4, -0.2) is 12.2 Å². The van der Waals surface area contributed by atoms with Crippen LogP contribution >= 0.6 is 0 Å². The van der Waals surface area contributed by atoms with E-state index in [0.29, 0.717) is 11.3 Å². The van der Waals surface area contributed by atoms with Gasteiger partial charge in [-0.25, -0.2) is 4.39 Å². The van der Waals surface area contributed by atoms with Crippen molar-refractivity contribution in [2.24, 2.45) is 0 Å². The second kappa shape index (κ2) is 5.63. The van der Waals surface area contributed by atoms with Gasteiger partial charge < -0.3 is 9.84 Å². The number of ether oxygens (including phenoxy) is 1. The Bertz CT molecular complexity index is 588. The van der Waals surface area contributed by atoms with Gasteiger partial charge in [0.1, 0.15) is 17.2 Å². The highest BCUT2D eigenvalue weighted by Gasteiger charge is 2.28. The molecule has 1 unspecified atom stereocenters. The number of aliphatic hydroxyl groups is 1. The first kappa shape index (κ1) is 14.5. The van der Waals surface area contributed by atoms with Crippen molar-refractivity contribution in [1.29, 1.82) is 0 Å². The van der Waals surface area contributed by atoms with Gasteiger partial charge in [-0.15, -0.1) is 0 Å². The van der Waals surface area contributed by atoms with Crippen LogP contribution in [0.2, 0.25) is 0 Å². The number of benzene rings is 2. The lowest BCUT2D eigenvalue weighted by Gasteiger charge is -2.25. The van der Waals surface area contributed by atoms with E-state index in [1.807, 2.05) is 24.3 Å². The number of halogens is 1. The number of methoxy groups -OCH3 is 1. The van der Waals surface area contributed by atoms with Crippen LogP contribution in [-0.2, 0) is 12.0 Å². The maximum absolute atomic E-state index is 14.1. The number of hydrogen-bond acceptors (Lipinski definition) is 2. The molecule has 2 aromatic carbocycles. The van der Waals surface area contributed by atoms with Crippen LogP contribution in [0.15, 0.2) is 42.5 Å². The molecule has 0 aliphatic rings. The molecule has 106 valence electrons. The molecule has 0 fully saturated rings. The summed E-state index contributed by atoms with van der Waals surface area (Å²) in [5.74, 6) is -0.0442. The zero-order valence-corrected chi connectivity index (χ0v) is 12.0. The molecule has 20 heavy (non-hydrogen) atoms. The molecule has 0 aliphatic heterocycles. The molecule has 0 amide bonds. The van der Waals surface area contributed by atoms with Crippen molar-refractivity contribution in [3.05, 3.63) is 65.0 Å². The van der Waals surface area contributed by atoms with Gasteiger partial charge in [0, 0.05) is 11.6 Å². The Morgan fingerprint density at radius 1 is 1.15 bits per heavy atom. The fourth-order valence-electron chi connectivity index (χ4n) is 2.24. The summed E-state index contributed by atoms with van der Waals surface area (Å²) in [6.07, 6.45) is 0.930. The molecule has 0 spiro atoms. The molecule has 3 heteroatoms. The second-order valence-electron chi connectivity index (χ2n) is 4.97. The summed E-state index contributed by atoms with van der Waals surface area (Å²) in [6, 6.07) is 12.1. The zero-order valence-electron chi connectivity index (χ0n) is 12.0. The first-order valence-corrected chi connectivity index (χ1v) is 6.65. The molecule has 2 aromatic rings. The summed E-state index contributed by atoms with van der Waals surface area (Å²) in [5.41, 5.74) is 0.712. The predicted octanol–water partition coefficient (Wildman–Crippen LogP) is 3.65. The molecule has 0 aliphatic carbocycles. The van der Waals surface area contributed by atoms with Gasteiger partial charge in [-0.05, 0) is 36.6 Å². The highest BCUT2D eigenvalue weighted by molar-refractivity contribution is 5.40. The molecule has 0 saturated heterocycles. The van der Waals surface area contributed by atoms with E-state index in [-0.39, 0.29) is 5.56 Å². The summed E-state index contributed by atoms with van der Waals surface area (Å²) in [6.45, 7) is 3.66. The molecule has 1 N–H and O–H groups in total. The molecule has 2 nitrogen and oxygen atoms in total. The van der Waals surface area contributed by atoms with Gasteiger partial charge in [0.25, 0.3) is 0 Å². The minimum Gasteiger partial charge on any atom is -0.497 e. The van der Waals surface area contributed by atoms with Crippen molar-refractivity contribution in [2.75, 3.05) is 7.11 Å². The topological polar surface area (TPSA) is 29.5 Å². The van der Waals surface area contributed by atoms with Crippen LogP contribution in [0.3, 0.4) is 0 Å². The Balaban J connectivity index is 2.42. The molecular weight excluding hydrogens is 255 g/mol. The van der Waals surface area contributed by atoms with E-state index in [1.165, 1.54) is 18.7 Å². The van der Waals surface area contributed by atoms with Gasteiger partial charge in [0.15, 0.2) is 0 Å². The Morgan fingerprint density at radius 2 is 1.80 bits per heavy atom. The van der Waals surface area contributed by atoms with E-state index in [2.05, 4.69) is 6.92 Å². The minimum atomic E-state index is -1.37. The quantitative estimate of drug-likeness (QED) is 0.922. The molecule has 0 saturated carbocycles. The van der Waals surface area contributed by atoms with Gasteiger partial charge in [0.05, 0.1) is 7.11 Å². The van der Waals surface area contributed by atoms with Crippen molar-refractivity contribution in [2.45, 2.75) is 25.9 Å². The monoisotopic (exact) mass is 274 g/mol. The summed E-state index contributed by atoms with van der Waals surface area (Å²) in [7, 11) is 1.48. The number of hydrogen-bond donors (Lipinski definition) is 1. The van der Waals surface area contributed by atoms with Crippen molar-refractivity contribution >= 4 is 0 Å². The van der Waals surface area contributed by atoms with Gasteiger partial charge in [0.2, 0.25) is 0 Å². The van der Waals surface area contributed by atoms with Crippen LogP contribution in [0, 0.1) is 5.82 Å². The average molecular weight is 274 g/mol. The average Bonchev–Trinajstić information content (AvgIpc) is 2.46. The number of rotatable bonds is 4. The van der Waals surface area contributed by atoms with Gasteiger partial charge in [-0.2, -0.15) is 0 Å². The van der Waals surface area contributed by atoms with Crippen LogP contribution in [0.5, 0.6) is 5.75 Å². The van der Waals surface area contributed by atoms with E-state index in [4.69, 9.17) is 4.74 Å². The summed E-state index contributed by atoms with van der Waals surface area (Å²) in [4.78, 5) is 0. The zero-order chi connectivity index (χ0) is 14.8. The lowest BCUT2D eigenvalue weighted by atomic mass is 9.87. The minimum absolute atomic E-state index is 0.238. The van der Waals surface area contributed by atoms with Crippen molar-refractivity contribution < 1.29 is 14.2 Å². The lowest BCUT2D eigenvalue weighted by Crippen LogP contribution is -2.24. The highest BCUT2D eigenvalue weighted by atomic mass is 19.1. The van der Waals surface area contributed by atoms with Crippen LogP contribution in [0.25, 0.3) is 0 Å². The Hall–Kier alpha value is -1.87. The smallest absolute Gasteiger partial charge is 0.133 e. The van der Waals surface area contributed by atoms with Crippen LogP contribution in [0.1, 0.15) is 30.5 Å². The van der Waals surface area contributed by atoms with Crippen molar-refractivity contribution in [3.8, 4) is 5.75 Å². The largest absolute Gasteiger partial charge is 0.497 e. The summed E-state index contributed by atoms with van der Waals surface area (Å²) >= 11 is 0. The Morgan fingerprint density at radius 3 is 2.30 bits per heavy atom. The van der Waals surface area contributed by atoms with E-state index < -0.39 is 11.4 Å². The predicted molar refractivity (Wildman–Crippen MR) is 77.4 cm³/mol. The summed E-state index contributed by atoms with van der Waals surface area (Å²) < 4.78 is 19.1. The third-order valence-electron chi connectivity index (χ3n) is 3.63. The molecular formula is C17H19FO2. The molecule has 1 atom stereocenters. The van der Waals surface area contributed by atoms with Crippen molar-refractivity contribution in [1.82, 2.24) is 0 Å². The van der Waals surface area contributed by atoms with Gasteiger partial charge in [-0.1, -0.05) is 31.2 Å². The maximum atomic E-state index is 14.1. The third kappa shape index (κ3) is 2.68. The molecule has 0 bridgehead atoms. The van der Waals surface area contributed by atoms with Crippen LogP contribution < -0.4 is 4.74 Å². The molecule has 0 heterocycles. The molecule has 2 rings (SSSR count). The summed E-state index contributed by atoms with van der Waals surface area (Å²) in [5, 5.41) is 10.7. The second-order valence-corrected chi connectivity index (χ2v) is 4.97. The van der Waals surface area contributed by atoms with Crippen molar-refractivity contribution in [3.63, 3.8) is 0 Å². The fraction of sp³-hybridized carbons (Fsp3) is 0.294. The fourth-order valence-corrected chi connectivity index (χ4v) is 2.24. The van der Waals surface area contributed by atoms with Gasteiger partial charge >= 0.3 is 0 Å².